The number of aromatic amines is 1. The van der Waals surface area contributed by atoms with E-state index in [4.69, 9.17) is 4.74 Å². The molecule has 1 unspecified atom stereocenters. The van der Waals surface area contributed by atoms with Crippen LogP contribution in [0.1, 0.15) is 34.0 Å². The molecule has 1 N–H and O–H groups in total. The molecule has 2 heterocycles. The van der Waals surface area contributed by atoms with Crippen LogP contribution < -0.4 is 4.74 Å². The highest BCUT2D eigenvalue weighted by Crippen LogP contribution is 2.30. The Morgan fingerprint density at radius 3 is 2.96 bits per heavy atom. The number of rotatable bonds is 5. The topological polar surface area (TPSA) is 61.5 Å². The number of hydrogen-bond acceptors (Lipinski definition) is 4. The molecule has 6 heteroatoms. The van der Waals surface area contributed by atoms with Crippen molar-refractivity contribution in [1.82, 2.24) is 20.0 Å². The lowest BCUT2D eigenvalue weighted by molar-refractivity contribution is 0.0826. The lowest BCUT2D eigenvalue weighted by Crippen LogP contribution is -2.24. The number of amides is 1. The smallest absolute Gasteiger partial charge is 0.256 e. The van der Waals surface area contributed by atoms with Crippen LogP contribution in [0.5, 0.6) is 5.75 Å². The van der Waals surface area contributed by atoms with Crippen LogP contribution >= 0.6 is 0 Å². The fourth-order valence-corrected chi connectivity index (χ4v) is 3.31. The van der Waals surface area contributed by atoms with Gasteiger partial charge in [-0.2, -0.15) is 5.10 Å². The Labute approximate surface area is 142 Å². The van der Waals surface area contributed by atoms with Gasteiger partial charge >= 0.3 is 0 Å². The van der Waals surface area contributed by atoms with E-state index in [9.17, 15) is 4.79 Å². The molecule has 1 fully saturated rings. The molecule has 0 bridgehead atoms. The molecule has 1 atom stereocenters. The lowest BCUT2D eigenvalue weighted by atomic mass is 10.0. The van der Waals surface area contributed by atoms with Crippen LogP contribution in [-0.2, 0) is 6.54 Å². The van der Waals surface area contributed by atoms with Gasteiger partial charge < -0.3 is 9.64 Å². The van der Waals surface area contributed by atoms with Crippen molar-refractivity contribution < 1.29 is 9.53 Å². The van der Waals surface area contributed by atoms with Crippen molar-refractivity contribution in [1.29, 1.82) is 0 Å². The number of hydrogen-bond donors (Lipinski definition) is 1. The van der Waals surface area contributed by atoms with Crippen LogP contribution in [0.3, 0.4) is 0 Å². The monoisotopic (exact) mass is 328 g/mol. The highest BCUT2D eigenvalue weighted by molar-refractivity contribution is 5.94. The van der Waals surface area contributed by atoms with Crippen LogP contribution in [0, 0.1) is 0 Å². The van der Waals surface area contributed by atoms with Gasteiger partial charge in [-0.05, 0) is 19.0 Å². The van der Waals surface area contributed by atoms with Crippen LogP contribution in [0.15, 0.2) is 30.5 Å². The quantitative estimate of drug-likeness (QED) is 0.913. The Kier molecular flexibility index (Phi) is 4.85. The normalized spacial score (nSPS) is 17.9. The first-order chi connectivity index (χ1) is 11.6. The summed E-state index contributed by atoms with van der Waals surface area (Å²) in [6.45, 7) is 2.76. The van der Waals surface area contributed by atoms with Crippen molar-refractivity contribution in [3.05, 3.63) is 47.3 Å². The van der Waals surface area contributed by atoms with E-state index in [2.05, 4.69) is 21.2 Å². The number of methoxy groups -OCH3 is 1. The number of likely N-dealkylation sites (tertiary alicyclic amines) is 1. The van der Waals surface area contributed by atoms with E-state index < -0.39 is 0 Å². The zero-order valence-corrected chi connectivity index (χ0v) is 14.5. The predicted molar refractivity (Wildman–Crippen MR) is 92.2 cm³/mol. The van der Waals surface area contributed by atoms with Gasteiger partial charge in [0.1, 0.15) is 5.75 Å². The fourth-order valence-electron chi connectivity index (χ4n) is 3.31. The molecular formula is C18H24N4O2. The Bertz CT molecular complexity index is 711. The number of nitrogens with zero attached hydrogens (tertiary/aromatic N) is 3. The minimum atomic E-state index is 0.00179. The minimum absolute atomic E-state index is 0.00179. The molecule has 128 valence electrons. The molecule has 3 rings (SSSR count). The van der Waals surface area contributed by atoms with Gasteiger partial charge in [0, 0.05) is 38.7 Å². The van der Waals surface area contributed by atoms with Gasteiger partial charge in [-0.1, -0.05) is 18.2 Å². The Morgan fingerprint density at radius 2 is 2.21 bits per heavy atom. The molecule has 0 aliphatic carbocycles. The van der Waals surface area contributed by atoms with Crippen molar-refractivity contribution >= 4 is 5.91 Å². The SMILES string of the molecule is COc1ccccc1CN1CCC(c2[nH]ncc2C(=O)N(C)C)C1. The van der Waals surface area contributed by atoms with E-state index in [1.54, 1.807) is 32.3 Å². The highest BCUT2D eigenvalue weighted by Gasteiger charge is 2.29. The number of ether oxygens (including phenoxy) is 1. The molecule has 2 aromatic rings. The standard InChI is InChI=1S/C18H24N4O2/c1-21(2)18(23)15-10-19-20-17(15)14-8-9-22(12-14)11-13-6-4-5-7-16(13)24-3/h4-7,10,14H,8-9,11-12H2,1-3H3,(H,19,20). The first kappa shape index (κ1) is 16.5. The lowest BCUT2D eigenvalue weighted by Gasteiger charge is -2.18. The van der Waals surface area contributed by atoms with E-state index in [1.807, 2.05) is 18.2 Å². The second-order valence-corrected chi connectivity index (χ2v) is 6.43. The largest absolute Gasteiger partial charge is 0.496 e. The van der Waals surface area contributed by atoms with Gasteiger partial charge in [0.15, 0.2) is 0 Å². The third-order valence-electron chi connectivity index (χ3n) is 4.57. The Morgan fingerprint density at radius 1 is 1.42 bits per heavy atom. The molecule has 1 aromatic heterocycles. The first-order valence-electron chi connectivity index (χ1n) is 8.19. The van der Waals surface area contributed by atoms with Gasteiger partial charge in [0.05, 0.1) is 24.6 Å². The van der Waals surface area contributed by atoms with Gasteiger partial charge in [-0.25, -0.2) is 0 Å². The second-order valence-electron chi connectivity index (χ2n) is 6.43. The average molecular weight is 328 g/mol. The van der Waals surface area contributed by atoms with Crippen LogP contribution in [0.2, 0.25) is 0 Å². The zero-order chi connectivity index (χ0) is 17.1. The summed E-state index contributed by atoms with van der Waals surface area (Å²) in [6.07, 6.45) is 2.66. The number of para-hydroxylation sites is 1. The summed E-state index contributed by atoms with van der Waals surface area (Å²) in [5.74, 6) is 1.23. The van der Waals surface area contributed by atoms with E-state index in [0.717, 1.165) is 37.5 Å². The van der Waals surface area contributed by atoms with Crippen molar-refractivity contribution in [2.75, 3.05) is 34.3 Å². The number of benzene rings is 1. The average Bonchev–Trinajstić information content (AvgIpc) is 3.23. The molecule has 0 saturated carbocycles. The summed E-state index contributed by atoms with van der Waals surface area (Å²) in [5, 5.41) is 7.14. The number of carbonyl (C=O) groups is 1. The summed E-state index contributed by atoms with van der Waals surface area (Å²) in [4.78, 5) is 16.3. The van der Waals surface area contributed by atoms with Crippen molar-refractivity contribution in [3.8, 4) is 5.75 Å². The molecule has 1 aromatic carbocycles. The molecular weight excluding hydrogens is 304 g/mol. The second kappa shape index (κ2) is 7.05. The number of H-pyrrole nitrogens is 1. The number of aromatic nitrogens is 2. The highest BCUT2D eigenvalue weighted by atomic mass is 16.5. The Balaban J connectivity index is 1.70. The van der Waals surface area contributed by atoms with E-state index in [0.29, 0.717) is 11.5 Å². The van der Waals surface area contributed by atoms with E-state index in [-0.39, 0.29) is 5.91 Å². The summed E-state index contributed by atoms with van der Waals surface area (Å²) in [5.41, 5.74) is 2.83. The molecule has 0 radical (unpaired) electrons. The molecule has 1 aliphatic rings. The molecule has 1 aliphatic heterocycles. The van der Waals surface area contributed by atoms with Crippen molar-refractivity contribution in [2.24, 2.45) is 0 Å². The summed E-state index contributed by atoms with van der Waals surface area (Å²) in [6, 6.07) is 8.11. The van der Waals surface area contributed by atoms with Crippen molar-refractivity contribution in [3.63, 3.8) is 0 Å². The van der Waals surface area contributed by atoms with Crippen LogP contribution in [0.25, 0.3) is 0 Å². The maximum absolute atomic E-state index is 12.3. The summed E-state index contributed by atoms with van der Waals surface area (Å²) < 4.78 is 5.44. The summed E-state index contributed by atoms with van der Waals surface area (Å²) in [7, 11) is 5.23. The molecule has 6 nitrogen and oxygen atoms in total. The third kappa shape index (κ3) is 3.28. The number of carbonyl (C=O) groups excluding carboxylic acids is 1. The van der Waals surface area contributed by atoms with Gasteiger partial charge in [-0.3, -0.25) is 14.8 Å². The maximum atomic E-state index is 12.3. The number of nitrogens with one attached hydrogen (secondary N) is 1. The van der Waals surface area contributed by atoms with E-state index >= 15 is 0 Å². The van der Waals surface area contributed by atoms with E-state index in [1.165, 1.54) is 5.56 Å². The molecule has 24 heavy (non-hydrogen) atoms. The molecule has 1 amide bonds. The minimum Gasteiger partial charge on any atom is -0.496 e. The predicted octanol–water partition coefficient (Wildman–Crippen LogP) is 2.11. The Hall–Kier alpha value is -2.34. The fraction of sp³-hybridized carbons (Fsp3) is 0.444. The first-order valence-corrected chi connectivity index (χ1v) is 8.19. The zero-order valence-electron chi connectivity index (χ0n) is 14.5. The van der Waals surface area contributed by atoms with Crippen LogP contribution in [-0.4, -0.2) is 60.2 Å². The van der Waals surface area contributed by atoms with Gasteiger partial charge in [0.25, 0.3) is 5.91 Å². The third-order valence-corrected chi connectivity index (χ3v) is 4.57. The van der Waals surface area contributed by atoms with Crippen LogP contribution in [0.4, 0.5) is 0 Å². The molecule has 1 saturated heterocycles. The molecule has 0 spiro atoms. The van der Waals surface area contributed by atoms with Crippen molar-refractivity contribution in [2.45, 2.75) is 18.9 Å². The summed E-state index contributed by atoms with van der Waals surface area (Å²) >= 11 is 0. The maximum Gasteiger partial charge on any atom is 0.256 e. The van der Waals surface area contributed by atoms with Gasteiger partial charge in [0.2, 0.25) is 0 Å². The van der Waals surface area contributed by atoms with Gasteiger partial charge in [-0.15, -0.1) is 0 Å².